The molecule has 0 spiro atoms. The van der Waals surface area contributed by atoms with Gasteiger partial charge in [0.25, 0.3) is 0 Å². The molecule has 9 heteroatoms. The fraction of sp³-hybridized carbons (Fsp3) is 0.647. The number of rotatable bonds is 16. The maximum Gasteiger partial charge on any atom is 0.214 e. The molecule has 2 aromatic rings. The van der Waals surface area contributed by atoms with Crippen molar-refractivity contribution in [1.82, 2.24) is 9.21 Å². The Kier molecular flexibility index (Phi) is 12.9. The van der Waals surface area contributed by atoms with Crippen molar-refractivity contribution in [3.63, 3.8) is 0 Å². The van der Waals surface area contributed by atoms with E-state index in [0.717, 1.165) is 51.0 Å². The van der Waals surface area contributed by atoms with Crippen LogP contribution in [-0.2, 0) is 19.9 Å². The summed E-state index contributed by atoms with van der Waals surface area (Å²) in [6.45, 7) is 4.00. The van der Waals surface area contributed by atoms with E-state index < -0.39 is 19.9 Å². The summed E-state index contributed by atoms with van der Waals surface area (Å²) < 4.78 is 53.8. The van der Waals surface area contributed by atoms with Gasteiger partial charge in [-0.2, -0.15) is 0 Å². The highest BCUT2D eigenvalue weighted by Gasteiger charge is 2.28. The third-order valence-corrected chi connectivity index (χ3v) is 13.1. The van der Waals surface area contributed by atoms with E-state index in [0.29, 0.717) is 42.7 Å². The first-order valence-electron chi connectivity index (χ1n) is 16.4. The molecular formula is C34H53N3O4S2. The van der Waals surface area contributed by atoms with Crippen LogP contribution in [0.2, 0.25) is 0 Å². The Morgan fingerprint density at radius 2 is 1.33 bits per heavy atom. The molecule has 1 heterocycles. The van der Waals surface area contributed by atoms with Crippen molar-refractivity contribution in [3.05, 3.63) is 60.2 Å². The molecule has 1 aliphatic heterocycles. The summed E-state index contributed by atoms with van der Waals surface area (Å²) in [6.07, 6.45) is 11.2. The van der Waals surface area contributed by atoms with Crippen LogP contribution in [0.1, 0.15) is 82.1 Å². The lowest BCUT2D eigenvalue weighted by Gasteiger charge is -2.32. The van der Waals surface area contributed by atoms with Gasteiger partial charge in [0.2, 0.25) is 10.0 Å². The van der Waals surface area contributed by atoms with Crippen molar-refractivity contribution < 1.29 is 16.8 Å². The summed E-state index contributed by atoms with van der Waals surface area (Å²) in [5.41, 5.74) is 2.30. The molecule has 1 saturated heterocycles. The second-order valence-corrected chi connectivity index (χ2v) is 17.0. The van der Waals surface area contributed by atoms with Crippen LogP contribution in [0.5, 0.6) is 0 Å². The summed E-state index contributed by atoms with van der Waals surface area (Å²) in [5.74, 6) is 1.51. The Bertz CT molecular complexity index is 1300. The fourth-order valence-electron chi connectivity index (χ4n) is 6.67. The van der Waals surface area contributed by atoms with Gasteiger partial charge in [0.05, 0.1) is 16.4 Å². The van der Waals surface area contributed by atoms with E-state index in [-0.39, 0.29) is 11.5 Å². The highest BCUT2D eigenvalue weighted by molar-refractivity contribution is 7.91. The van der Waals surface area contributed by atoms with Gasteiger partial charge in [-0.05, 0) is 106 Å². The molecule has 2 aromatic carbocycles. The van der Waals surface area contributed by atoms with Gasteiger partial charge >= 0.3 is 0 Å². The van der Waals surface area contributed by atoms with E-state index >= 15 is 0 Å². The zero-order valence-corrected chi connectivity index (χ0v) is 28.0. The molecule has 240 valence electrons. The van der Waals surface area contributed by atoms with Crippen LogP contribution in [0.4, 0.5) is 5.69 Å². The zero-order valence-electron chi connectivity index (χ0n) is 26.4. The number of hydrogen-bond donors (Lipinski definition) is 0. The number of piperidine rings is 1. The molecule has 2 aliphatic rings. The lowest BCUT2D eigenvalue weighted by Crippen LogP contribution is -2.39. The van der Waals surface area contributed by atoms with Crippen molar-refractivity contribution in [2.75, 3.05) is 63.2 Å². The normalized spacial score (nSPS) is 17.8. The minimum Gasteiger partial charge on any atom is -0.378 e. The number of sulfone groups is 1. The fourth-order valence-corrected chi connectivity index (χ4v) is 9.63. The highest BCUT2D eigenvalue weighted by atomic mass is 32.2. The molecule has 0 unspecified atom stereocenters. The molecule has 0 atom stereocenters. The Morgan fingerprint density at radius 3 is 1.93 bits per heavy atom. The average Bonchev–Trinajstić information content (AvgIpc) is 3.02. The largest absolute Gasteiger partial charge is 0.378 e. The topological polar surface area (TPSA) is 78.0 Å². The first-order chi connectivity index (χ1) is 20.6. The van der Waals surface area contributed by atoms with Crippen molar-refractivity contribution in [3.8, 4) is 0 Å². The van der Waals surface area contributed by atoms with E-state index in [1.807, 2.05) is 37.2 Å². The smallest absolute Gasteiger partial charge is 0.214 e. The zero-order chi connectivity index (χ0) is 30.7. The van der Waals surface area contributed by atoms with Crippen LogP contribution >= 0.6 is 0 Å². The van der Waals surface area contributed by atoms with Crippen molar-refractivity contribution in [2.45, 2.75) is 81.4 Å². The second kappa shape index (κ2) is 16.4. The number of nitrogens with zero attached hydrogens (tertiary/aromatic N) is 3. The second-order valence-electron chi connectivity index (χ2n) is 12.8. The molecule has 1 aliphatic carbocycles. The Morgan fingerprint density at radius 1 is 0.721 bits per heavy atom. The van der Waals surface area contributed by atoms with E-state index in [1.54, 1.807) is 16.4 Å². The van der Waals surface area contributed by atoms with Gasteiger partial charge in [-0.1, -0.05) is 49.6 Å². The van der Waals surface area contributed by atoms with E-state index in [2.05, 4.69) is 29.2 Å². The number of benzene rings is 2. The number of anilines is 1. The molecular weight excluding hydrogens is 579 g/mol. The molecule has 0 N–H and O–H groups in total. The van der Waals surface area contributed by atoms with Gasteiger partial charge in [0.1, 0.15) is 0 Å². The Balaban J connectivity index is 1.21. The monoisotopic (exact) mass is 631 g/mol. The SMILES string of the molecule is CN(C)c1ccc(S(=O)(=O)CCCCN(CCCCS(=O)(=O)N2CCC(c3ccccc3)CC2)CC2CCCCC2)cc1. The minimum atomic E-state index is -3.30. The Labute approximate surface area is 261 Å². The van der Waals surface area contributed by atoms with Gasteiger partial charge in [0.15, 0.2) is 9.84 Å². The molecule has 0 aromatic heterocycles. The molecule has 1 saturated carbocycles. The predicted molar refractivity (Wildman–Crippen MR) is 178 cm³/mol. The number of hydrogen-bond acceptors (Lipinski definition) is 6. The highest BCUT2D eigenvalue weighted by Crippen LogP contribution is 2.29. The van der Waals surface area contributed by atoms with Gasteiger partial charge in [-0.25, -0.2) is 21.1 Å². The molecule has 0 bridgehead atoms. The summed E-state index contributed by atoms with van der Waals surface area (Å²) in [6, 6.07) is 17.6. The summed E-state index contributed by atoms with van der Waals surface area (Å²) in [7, 11) is -2.66. The van der Waals surface area contributed by atoms with Crippen LogP contribution in [0, 0.1) is 5.92 Å². The van der Waals surface area contributed by atoms with Crippen LogP contribution in [0.25, 0.3) is 0 Å². The van der Waals surface area contributed by atoms with Crippen molar-refractivity contribution in [1.29, 1.82) is 0 Å². The van der Waals surface area contributed by atoms with Gasteiger partial charge in [0, 0.05) is 39.4 Å². The maximum absolute atomic E-state index is 13.1. The lowest BCUT2D eigenvalue weighted by atomic mass is 9.89. The van der Waals surface area contributed by atoms with Gasteiger partial charge in [-0.3, -0.25) is 0 Å². The number of unbranched alkanes of at least 4 members (excludes halogenated alkanes) is 2. The first-order valence-corrected chi connectivity index (χ1v) is 19.7. The van der Waals surface area contributed by atoms with E-state index in [9.17, 15) is 16.8 Å². The van der Waals surface area contributed by atoms with Crippen LogP contribution in [0.15, 0.2) is 59.5 Å². The van der Waals surface area contributed by atoms with Crippen molar-refractivity contribution >= 4 is 25.5 Å². The third kappa shape index (κ3) is 10.6. The first kappa shape index (κ1) is 33.9. The molecule has 0 radical (unpaired) electrons. The molecule has 7 nitrogen and oxygen atoms in total. The summed E-state index contributed by atoms with van der Waals surface area (Å²) in [4.78, 5) is 4.83. The lowest BCUT2D eigenvalue weighted by molar-refractivity contribution is 0.196. The molecule has 2 fully saturated rings. The Hall–Kier alpha value is -1.94. The third-order valence-electron chi connectivity index (χ3n) is 9.34. The van der Waals surface area contributed by atoms with Gasteiger partial charge in [-0.15, -0.1) is 0 Å². The van der Waals surface area contributed by atoms with Crippen LogP contribution in [-0.4, -0.2) is 84.4 Å². The van der Waals surface area contributed by atoms with E-state index in [4.69, 9.17) is 0 Å². The number of sulfonamides is 1. The average molecular weight is 632 g/mol. The molecule has 0 amide bonds. The standard InChI is InChI=1S/C34H53N3O4S2/c1-35(2)33-17-19-34(20-18-33)42(38,39)27-11-9-23-36(29-30-13-5-3-6-14-30)24-10-12-28-43(40,41)37-25-21-32(22-26-37)31-15-7-4-8-16-31/h4,7-8,15-20,30,32H,3,5-6,9-14,21-29H2,1-2H3. The maximum atomic E-state index is 13.1. The van der Waals surface area contributed by atoms with Gasteiger partial charge < -0.3 is 9.80 Å². The van der Waals surface area contributed by atoms with Crippen molar-refractivity contribution in [2.24, 2.45) is 5.92 Å². The summed E-state index contributed by atoms with van der Waals surface area (Å²) in [5, 5.41) is 0. The minimum absolute atomic E-state index is 0.158. The summed E-state index contributed by atoms with van der Waals surface area (Å²) >= 11 is 0. The van der Waals surface area contributed by atoms with Crippen LogP contribution in [0.3, 0.4) is 0 Å². The molecule has 43 heavy (non-hydrogen) atoms. The van der Waals surface area contributed by atoms with E-state index in [1.165, 1.54) is 37.7 Å². The molecule has 4 rings (SSSR count). The quantitative estimate of drug-likeness (QED) is 0.206. The predicted octanol–water partition coefficient (Wildman–Crippen LogP) is 6.18. The van der Waals surface area contributed by atoms with Crippen LogP contribution < -0.4 is 4.90 Å².